The van der Waals surface area contributed by atoms with Crippen molar-refractivity contribution in [2.75, 3.05) is 0 Å². The first kappa shape index (κ1) is 15.5. The Hall–Kier alpha value is -3.02. The van der Waals surface area contributed by atoms with Gasteiger partial charge in [-0.25, -0.2) is 0 Å². The summed E-state index contributed by atoms with van der Waals surface area (Å²) < 4.78 is 2.13. The first-order valence-corrected chi connectivity index (χ1v) is 9.29. The van der Waals surface area contributed by atoms with Gasteiger partial charge in [0.05, 0.1) is 0 Å². The van der Waals surface area contributed by atoms with E-state index in [2.05, 4.69) is 15.3 Å². The number of carbonyl (C=O) groups excluding carboxylic acids is 1. The Morgan fingerprint density at radius 1 is 1.04 bits per heavy atom. The molecular formula is C18H13N5OSe. The van der Waals surface area contributed by atoms with Crippen molar-refractivity contribution in [1.82, 2.24) is 20.0 Å². The molecule has 4 rings (SSSR count). The van der Waals surface area contributed by atoms with E-state index < -0.39 is 14.5 Å². The predicted molar refractivity (Wildman–Crippen MR) is 93.8 cm³/mol. The third-order valence-corrected chi connectivity index (χ3v) is 5.41. The van der Waals surface area contributed by atoms with Crippen molar-refractivity contribution in [1.29, 1.82) is 5.41 Å². The van der Waals surface area contributed by atoms with Crippen LogP contribution in [0.1, 0.15) is 14.9 Å². The zero-order chi connectivity index (χ0) is 17.2. The van der Waals surface area contributed by atoms with E-state index in [0.717, 1.165) is 11.3 Å². The van der Waals surface area contributed by atoms with Gasteiger partial charge in [-0.15, -0.1) is 0 Å². The summed E-state index contributed by atoms with van der Waals surface area (Å²) in [6.45, 7) is 0. The summed E-state index contributed by atoms with van der Waals surface area (Å²) in [6, 6.07) is 20.7. The number of H-pyrrole nitrogens is 1. The molecule has 0 amide bonds. The fourth-order valence-electron chi connectivity index (χ4n) is 2.44. The molecule has 6 nitrogen and oxygen atoms in total. The molecule has 2 aromatic carbocycles. The molecule has 25 heavy (non-hydrogen) atoms. The summed E-state index contributed by atoms with van der Waals surface area (Å²) >= 11 is -0.432. The van der Waals surface area contributed by atoms with Gasteiger partial charge in [-0.05, 0) is 0 Å². The van der Waals surface area contributed by atoms with Crippen LogP contribution >= 0.6 is 0 Å². The second-order valence-corrected chi connectivity index (χ2v) is 7.38. The van der Waals surface area contributed by atoms with E-state index in [9.17, 15) is 4.79 Å². The van der Waals surface area contributed by atoms with Crippen molar-refractivity contribution >= 4 is 20.3 Å². The van der Waals surface area contributed by atoms with Gasteiger partial charge in [-0.3, -0.25) is 0 Å². The molecule has 2 heterocycles. The number of aromatic nitrogens is 4. The number of hydrogen-bond acceptors (Lipinski definition) is 4. The summed E-state index contributed by atoms with van der Waals surface area (Å²) in [5.74, 6) is 0.383. The van der Waals surface area contributed by atoms with E-state index in [0.29, 0.717) is 15.9 Å². The summed E-state index contributed by atoms with van der Waals surface area (Å²) in [5.41, 5.74) is 2.43. The first-order chi connectivity index (χ1) is 12.2. The van der Waals surface area contributed by atoms with Crippen LogP contribution in [0.3, 0.4) is 0 Å². The van der Waals surface area contributed by atoms with Crippen LogP contribution in [0.2, 0.25) is 0 Å². The quantitative estimate of drug-likeness (QED) is 0.410. The van der Waals surface area contributed by atoms with Crippen LogP contribution in [0.5, 0.6) is 0 Å². The maximum absolute atomic E-state index is 12.5. The van der Waals surface area contributed by atoms with Crippen LogP contribution in [0.15, 0.2) is 66.7 Å². The van der Waals surface area contributed by atoms with Crippen molar-refractivity contribution in [3.63, 3.8) is 0 Å². The SMILES string of the molecule is N=c1[se]c(C(=O)c2ccccc2)nn1-c1cc(-c2ccccc2)[nH]n1. The molecule has 2 aromatic heterocycles. The van der Waals surface area contributed by atoms with E-state index in [1.165, 1.54) is 4.68 Å². The molecule has 4 aromatic rings. The van der Waals surface area contributed by atoms with Crippen molar-refractivity contribution in [2.45, 2.75) is 0 Å². The standard InChI is InChI=1S/C18H13N5OSe/c19-18-23(15-11-14(20-21-15)12-7-3-1-4-8-12)22-17(25-18)16(24)13-9-5-2-6-10-13/h1-11,19H,(H,20,21). The Labute approximate surface area is 149 Å². The molecule has 7 heteroatoms. The van der Waals surface area contributed by atoms with Crippen molar-refractivity contribution in [2.24, 2.45) is 0 Å². The Kier molecular flexibility index (Phi) is 4.01. The van der Waals surface area contributed by atoms with Gasteiger partial charge in [-0.1, -0.05) is 0 Å². The number of nitrogens with one attached hydrogen (secondary N) is 2. The van der Waals surface area contributed by atoms with Crippen LogP contribution < -0.4 is 4.36 Å². The number of hydrogen-bond donors (Lipinski definition) is 2. The Morgan fingerprint density at radius 3 is 2.44 bits per heavy atom. The number of benzene rings is 2. The molecule has 122 valence electrons. The molecule has 0 aliphatic heterocycles. The number of aromatic amines is 1. The van der Waals surface area contributed by atoms with Crippen molar-refractivity contribution in [3.8, 4) is 17.1 Å². The maximum atomic E-state index is 12.5. The average molecular weight is 394 g/mol. The molecule has 0 radical (unpaired) electrons. The molecule has 0 saturated heterocycles. The number of nitrogens with zero attached hydrogens (tertiary/aromatic N) is 3. The van der Waals surface area contributed by atoms with Gasteiger partial charge < -0.3 is 0 Å². The molecule has 0 unspecified atom stereocenters. The molecule has 2 N–H and O–H groups in total. The third-order valence-electron chi connectivity index (χ3n) is 3.67. The second-order valence-electron chi connectivity index (χ2n) is 5.33. The summed E-state index contributed by atoms with van der Waals surface area (Å²) in [7, 11) is 0. The van der Waals surface area contributed by atoms with E-state index in [4.69, 9.17) is 5.41 Å². The number of rotatable bonds is 4. The summed E-state index contributed by atoms with van der Waals surface area (Å²) in [6.07, 6.45) is 0. The zero-order valence-electron chi connectivity index (χ0n) is 13.0. The third kappa shape index (κ3) is 3.03. The Bertz CT molecular complexity index is 1080. The van der Waals surface area contributed by atoms with Crippen LogP contribution in [-0.4, -0.2) is 40.3 Å². The second kappa shape index (κ2) is 6.47. The monoisotopic (exact) mass is 395 g/mol. The van der Waals surface area contributed by atoms with Crippen LogP contribution in [0.25, 0.3) is 17.1 Å². The van der Waals surface area contributed by atoms with Crippen LogP contribution in [-0.2, 0) is 0 Å². The fourth-order valence-corrected chi connectivity index (χ4v) is 3.98. The first-order valence-electron chi connectivity index (χ1n) is 7.58. The minimum absolute atomic E-state index is 0.133. The summed E-state index contributed by atoms with van der Waals surface area (Å²) in [5, 5.41) is 19.7. The van der Waals surface area contributed by atoms with Gasteiger partial charge >= 0.3 is 149 Å². The minimum atomic E-state index is -0.432. The molecular weight excluding hydrogens is 381 g/mol. The van der Waals surface area contributed by atoms with E-state index in [1.807, 2.05) is 54.6 Å². The molecule has 0 spiro atoms. The predicted octanol–water partition coefficient (Wildman–Crippen LogP) is 2.03. The van der Waals surface area contributed by atoms with Gasteiger partial charge in [0.15, 0.2) is 0 Å². The van der Waals surface area contributed by atoms with Crippen molar-refractivity contribution < 1.29 is 4.79 Å². The summed E-state index contributed by atoms with van der Waals surface area (Å²) in [4.78, 5) is 12.5. The number of carbonyl (C=O) groups is 1. The van der Waals surface area contributed by atoms with E-state index >= 15 is 0 Å². The fraction of sp³-hybridized carbons (Fsp3) is 0. The van der Waals surface area contributed by atoms with E-state index in [1.54, 1.807) is 12.1 Å². The van der Waals surface area contributed by atoms with Gasteiger partial charge in [0.25, 0.3) is 0 Å². The average Bonchev–Trinajstić information content (AvgIpc) is 3.29. The van der Waals surface area contributed by atoms with E-state index in [-0.39, 0.29) is 10.1 Å². The van der Waals surface area contributed by atoms with Gasteiger partial charge in [0.2, 0.25) is 0 Å². The molecule has 0 aliphatic carbocycles. The van der Waals surface area contributed by atoms with Crippen LogP contribution in [0, 0.1) is 5.41 Å². The number of ketones is 1. The normalized spacial score (nSPS) is 10.7. The zero-order valence-corrected chi connectivity index (χ0v) is 14.7. The van der Waals surface area contributed by atoms with Crippen molar-refractivity contribution in [3.05, 3.63) is 81.2 Å². The topological polar surface area (TPSA) is 87.4 Å². The molecule has 0 atom stereocenters. The molecule has 0 bridgehead atoms. The Balaban J connectivity index is 1.69. The van der Waals surface area contributed by atoms with Crippen LogP contribution in [0.4, 0.5) is 0 Å². The Morgan fingerprint density at radius 2 is 1.72 bits per heavy atom. The van der Waals surface area contributed by atoms with Gasteiger partial charge in [0.1, 0.15) is 0 Å². The van der Waals surface area contributed by atoms with Gasteiger partial charge in [0, 0.05) is 0 Å². The van der Waals surface area contributed by atoms with Gasteiger partial charge in [-0.2, -0.15) is 0 Å². The molecule has 0 aliphatic rings. The molecule has 0 fully saturated rings. The molecule has 0 saturated carbocycles.